The van der Waals surface area contributed by atoms with E-state index in [2.05, 4.69) is 64.0 Å². The molecule has 152 valence electrons. The Hall–Kier alpha value is -1.89. The molecule has 0 aliphatic carbocycles. The molecule has 2 heterocycles. The number of imidazole rings is 1. The van der Waals surface area contributed by atoms with Crippen molar-refractivity contribution in [3.05, 3.63) is 54.1 Å². The van der Waals surface area contributed by atoms with Gasteiger partial charge in [0, 0.05) is 31.3 Å². The van der Waals surface area contributed by atoms with Crippen molar-refractivity contribution in [3.63, 3.8) is 0 Å². The van der Waals surface area contributed by atoms with E-state index < -0.39 is 0 Å². The average Bonchev–Trinajstić information content (AvgIpc) is 3.03. The van der Waals surface area contributed by atoms with Gasteiger partial charge in [-0.3, -0.25) is 4.98 Å². The van der Waals surface area contributed by atoms with E-state index in [0.29, 0.717) is 0 Å². The molecule has 0 aliphatic heterocycles. The third-order valence-corrected chi connectivity index (χ3v) is 5.35. The van der Waals surface area contributed by atoms with Crippen molar-refractivity contribution in [2.75, 3.05) is 27.3 Å². The van der Waals surface area contributed by atoms with Crippen LogP contribution < -0.4 is 0 Å². The van der Waals surface area contributed by atoms with Crippen LogP contribution in [0.4, 0.5) is 0 Å². The third-order valence-electron chi connectivity index (χ3n) is 4.38. The number of nitrogens with zero attached hydrogens (tertiary/aromatic N) is 4. The normalized spacial score (nSPS) is 10.9. The minimum atomic E-state index is 0.740. The third kappa shape index (κ3) is 6.62. The lowest BCUT2D eigenvalue weighted by atomic mass is 10.2. The number of unbranched alkanes of at least 4 members (excludes halogenated alkanes) is 1. The smallest absolute Gasteiger partial charge is 0.107 e. The van der Waals surface area contributed by atoms with Gasteiger partial charge in [-0.2, -0.15) is 0 Å². The molecule has 0 saturated heterocycles. The van der Waals surface area contributed by atoms with Crippen molar-refractivity contribution >= 4 is 23.0 Å². The Morgan fingerprint density at radius 2 is 1.82 bits per heavy atom. The highest BCUT2D eigenvalue weighted by atomic mass is 32.2. The van der Waals surface area contributed by atoms with E-state index in [4.69, 9.17) is 4.74 Å². The number of methoxy groups -OCH3 is 1. The zero-order chi connectivity index (χ0) is 20.4. The molecule has 3 rings (SSSR count). The summed E-state index contributed by atoms with van der Waals surface area (Å²) in [6.07, 6.45) is 6.27. The topological polar surface area (TPSA) is 43.2 Å². The fraction of sp³-hybridized carbons (Fsp3) is 0.455. The number of benzene rings is 1. The number of aromatic nitrogens is 3. The van der Waals surface area contributed by atoms with Gasteiger partial charge in [-0.05, 0) is 49.7 Å². The Balaban J connectivity index is 0.000000640. The molecule has 0 unspecified atom stereocenters. The highest BCUT2D eigenvalue weighted by Gasteiger charge is 2.08. The molecular formula is C22H32N4OS. The zero-order valence-electron chi connectivity index (χ0n) is 17.7. The van der Waals surface area contributed by atoms with E-state index in [1.807, 2.05) is 25.4 Å². The van der Waals surface area contributed by atoms with Gasteiger partial charge in [-0.25, -0.2) is 9.29 Å². The number of likely N-dealkylation sites (N-methyl/N-ethyl adjacent to an activating group) is 1. The van der Waals surface area contributed by atoms with Gasteiger partial charge in [0.05, 0.1) is 18.3 Å². The second kappa shape index (κ2) is 11.8. The molecule has 0 fully saturated rings. The summed E-state index contributed by atoms with van der Waals surface area (Å²) in [5, 5.41) is 0. The molecule has 5 nitrogen and oxygen atoms in total. The zero-order valence-corrected chi connectivity index (χ0v) is 18.5. The second-order valence-corrected chi connectivity index (χ2v) is 7.97. The van der Waals surface area contributed by atoms with Crippen LogP contribution in [0.25, 0.3) is 11.0 Å². The highest BCUT2D eigenvalue weighted by Crippen LogP contribution is 2.22. The predicted molar refractivity (Wildman–Crippen MR) is 119 cm³/mol. The first kappa shape index (κ1) is 22.4. The van der Waals surface area contributed by atoms with Crippen LogP contribution in [0.1, 0.15) is 38.1 Å². The Kier molecular flexibility index (Phi) is 9.47. The lowest BCUT2D eigenvalue weighted by molar-refractivity contribution is 0.188. The van der Waals surface area contributed by atoms with Gasteiger partial charge in [0.1, 0.15) is 11.3 Å². The molecule has 0 saturated carbocycles. The summed E-state index contributed by atoms with van der Waals surface area (Å²) in [7, 11) is 3.80. The molecule has 0 radical (unpaired) electrons. The van der Waals surface area contributed by atoms with Gasteiger partial charge in [0.2, 0.25) is 0 Å². The fourth-order valence-electron chi connectivity index (χ4n) is 2.59. The molecule has 1 aromatic carbocycles. The van der Waals surface area contributed by atoms with Crippen LogP contribution in [-0.2, 0) is 11.3 Å². The molecule has 2 aromatic heterocycles. The van der Waals surface area contributed by atoms with Crippen molar-refractivity contribution in [1.82, 2.24) is 18.8 Å². The van der Waals surface area contributed by atoms with Gasteiger partial charge in [0.25, 0.3) is 0 Å². The van der Waals surface area contributed by atoms with Gasteiger partial charge >= 0.3 is 0 Å². The van der Waals surface area contributed by atoms with Crippen LogP contribution >= 0.6 is 11.9 Å². The lowest BCUT2D eigenvalue weighted by Crippen LogP contribution is -2.14. The summed E-state index contributed by atoms with van der Waals surface area (Å²) in [5.74, 6) is 1.01. The molecule has 0 bridgehead atoms. The van der Waals surface area contributed by atoms with Crippen molar-refractivity contribution < 1.29 is 4.74 Å². The summed E-state index contributed by atoms with van der Waals surface area (Å²) in [5.41, 5.74) is 3.33. The van der Waals surface area contributed by atoms with Gasteiger partial charge < -0.3 is 9.30 Å². The molecule has 0 amide bonds. The molecule has 28 heavy (non-hydrogen) atoms. The Morgan fingerprint density at radius 1 is 1.11 bits per heavy atom. The van der Waals surface area contributed by atoms with E-state index in [1.54, 1.807) is 19.1 Å². The Morgan fingerprint density at radius 3 is 2.46 bits per heavy atom. The van der Waals surface area contributed by atoms with Crippen LogP contribution in [0.3, 0.4) is 0 Å². The van der Waals surface area contributed by atoms with E-state index in [0.717, 1.165) is 36.6 Å². The second-order valence-electron chi connectivity index (χ2n) is 6.69. The average molecular weight is 401 g/mol. The van der Waals surface area contributed by atoms with Crippen LogP contribution in [0.2, 0.25) is 0 Å². The molecule has 0 aliphatic rings. The fourth-order valence-corrected chi connectivity index (χ4v) is 3.37. The summed E-state index contributed by atoms with van der Waals surface area (Å²) in [6.45, 7) is 8.85. The molecule has 0 N–H and O–H groups in total. The SMILES string of the molecule is CCCC.COCCN(C)Sc1ccc(Cn2c(C)nc3cnccc32)cc1. The van der Waals surface area contributed by atoms with Crippen molar-refractivity contribution in [2.45, 2.75) is 45.1 Å². The molecule has 6 heteroatoms. The van der Waals surface area contributed by atoms with Crippen molar-refractivity contribution in [2.24, 2.45) is 0 Å². The first-order valence-corrected chi connectivity index (χ1v) is 10.6. The van der Waals surface area contributed by atoms with E-state index in [9.17, 15) is 0 Å². The molecule has 0 atom stereocenters. The molecule has 3 aromatic rings. The quantitative estimate of drug-likeness (QED) is 0.488. The monoisotopic (exact) mass is 400 g/mol. The van der Waals surface area contributed by atoms with Crippen molar-refractivity contribution in [1.29, 1.82) is 0 Å². The summed E-state index contributed by atoms with van der Waals surface area (Å²) in [4.78, 5) is 9.95. The number of rotatable bonds is 8. The first-order chi connectivity index (χ1) is 13.6. The standard InChI is InChI=1S/C18H22N4OS.C4H10/c1-14-20-17-12-19-9-8-18(17)22(14)13-15-4-6-16(7-5-15)24-21(2)10-11-23-3;1-3-4-2/h4-9,12H,10-11,13H2,1-3H3;3-4H2,1-2H3. The van der Waals surface area contributed by atoms with Crippen LogP contribution in [0, 0.1) is 6.92 Å². The lowest BCUT2D eigenvalue weighted by Gasteiger charge is -2.15. The van der Waals surface area contributed by atoms with E-state index in [-0.39, 0.29) is 0 Å². The highest BCUT2D eigenvalue weighted by molar-refractivity contribution is 7.97. The number of pyridine rings is 1. The first-order valence-electron chi connectivity index (χ1n) is 9.82. The number of aryl methyl sites for hydroxylation is 1. The summed E-state index contributed by atoms with van der Waals surface area (Å²) in [6, 6.07) is 10.7. The van der Waals surface area contributed by atoms with Gasteiger partial charge in [-0.1, -0.05) is 38.8 Å². The maximum absolute atomic E-state index is 5.11. The number of hydrogen-bond acceptors (Lipinski definition) is 5. The van der Waals surface area contributed by atoms with Crippen LogP contribution in [0.5, 0.6) is 0 Å². The van der Waals surface area contributed by atoms with Gasteiger partial charge in [0.15, 0.2) is 0 Å². The molecule has 0 spiro atoms. The van der Waals surface area contributed by atoms with Crippen molar-refractivity contribution in [3.8, 4) is 0 Å². The largest absolute Gasteiger partial charge is 0.383 e. The minimum Gasteiger partial charge on any atom is -0.383 e. The molecular weight excluding hydrogens is 368 g/mol. The van der Waals surface area contributed by atoms with Crippen LogP contribution in [-0.4, -0.2) is 46.1 Å². The van der Waals surface area contributed by atoms with E-state index >= 15 is 0 Å². The summed E-state index contributed by atoms with van der Waals surface area (Å²) < 4.78 is 9.51. The predicted octanol–water partition coefficient (Wildman–Crippen LogP) is 5.18. The number of hydrogen-bond donors (Lipinski definition) is 0. The van der Waals surface area contributed by atoms with E-state index in [1.165, 1.54) is 23.3 Å². The maximum atomic E-state index is 5.11. The Bertz CT molecular complexity index is 830. The van der Waals surface area contributed by atoms with Crippen LogP contribution in [0.15, 0.2) is 47.6 Å². The summed E-state index contributed by atoms with van der Waals surface area (Å²) >= 11 is 1.73. The number of ether oxygens (including phenoxy) is 1. The Labute approximate surface area is 173 Å². The maximum Gasteiger partial charge on any atom is 0.107 e. The number of fused-ring (bicyclic) bond motifs is 1. The minimum absolute atomic E-state index is 0.740. The van der Waals surface area contributed by atoms with Gasteiger partial charge in [-0.15, -0.1) is 0 Å².